The van der Waals surface area contributed by atoms with E-state index in [1.54, 1.807) is 30.3 Å². The lowest BCUT2D eigenvalue weighted by molar-refractivity contribution is -0.138. The van der Waals surface area contributed by atoms with Gasteiger partial charge in [-0.25, -0.2) is 4.39 Å². The number of halogens is 6. The zero-order valence-electron chi connectivity index (χ0n) is 25.4. The molecule has 48 heavy (non-hydrogen) atoms. The van der Waals surface area contributed by atoms with Gasteiger partial charge in [-0.05, 0) is 66.4 Å². The van der Waals surface area contributed by atoms with E-state index < -0.39 is 70.6 Å². The molecule has 14 heteroatoms. The highest BCUT2D eigenvalue weighted by atomic mass is 32.2. The summed E-state index contributed by atoms with van der Waals surface area (Å²) in [6, 6.07) is 15.0. The van der Waals surface area contributed by atoms with Crippen molar-refractivity contribution in [2.75, 3.05) is 12.3 Å². The minimum Gasteiger partial charge on any atom is -0.481 e. The summed E-state index contributed by atoms with van der Waals surface area (Å²) in [6.45, 7) is -1.54. The van der Waals surface area contributed by atoms with Crippen LogP contribution in [0.5, 0.6) is 5.75 Å². The van der Waals surface area contributed by atoms with Crippen LogP contribution in [-0.4, -0.2) is 38.8 Å². The summed E-state index contributed by atoms with van der Waals surface area (Å²) >= 11 is 0. The molecule has 0 spiro atoms. The molecule has 1 aliphatic rings. The van der Waals surface area contributed by atoms with Gasteiger partial charge >= 0.3 is 18.8 Å². The number of carboxylic acids is 1. The third kappa shape index (κ3) is 7.34. The fourth-order valence-electron chi connectivity index (χ4n) is 6.12. The Morgan fingerprint density at radius 3 is 2.44 bits per heavy atom. The molecule has 0 radical (unpaired) electrons. The topological polar surface area (TPSA) is 97.6 Å². The summed E-state index contributed by atoms with van der Waals surface area (Å²) in [7, 11) is -1.95. The molecule has 3 unspecified atom stereocenters. The van der Waals surface area contributed by atoms with Crippen LogP contribution in [0.1, 0.15) is 52.7 Å². The fraction of sp³-hybridized carbons (Fsp3) is 0.294. The van der Waals surface area contributed by atoms with Gasteiger partial charge in [-0.3, -0.25) is 18.4 Å². The minimum atomic E-state index is -4.93. The molecular formula is C34H30F6N2O5S. The van der Waals surface area contributed by atoms with E-state index in [0.29, 0.717) is 5.56 Å². The number of rotatable bonds is 12. The van der Waals surface area contributed by atoms with E-state index >= 15 is 4.39 Å². The van der Waals surface area contributed by atoms with Crippen molar-refractivity contribution in [3.05, 3.63) is 117 Å². The predicted octanol–water partition coefficient (Wildman–Crippen LogP) is 7.03. The van der Waals surface area contributed by atoms with Gasteiger partial charge in [0.2, 0.25) is 0 Å². The number of carboxylic acid groups (broad SMARTS) is 1. The van der Waals surface area contributed by atoms with Crippen LogP contribution in [0.2, 0.25) is 0 Å². The van der Waals surface area contributed by atoms with E-state index in [4.69, 9.17) is 5.11 Å². The van der Waals surface area contributed by atoms with Crippen molar-refractivity contribution in [2.45, 2.75) is 56.1 Å². The number of ether oxygens (including phenoxy) is 1. The predicted molar refractivity (Wildman–Crippen MR) is 166 cm³/mol. The third-order valence-corrected chi connectivity index (χ3v) is 9.73. The first-order valence-corrected chi connectivity index (χ1v) is 16.2. The van der Waals surface area contributed by atoms with Gasteiger partial charge in [0, 0.05) is 18.4 Å². The molecule has 1 aliphatic heterocycles. The van der Waals surface area contributed by atoms with Gasteiger partial charge in [0.1, 0.15) is 16.6 Å². The number of pyridine rings is 1. The van der Waals surface area contributed by atoms with Crippen molar-refractivity contribution in [2.24, 2.45) is 0 Å². The number of hydrogen-bond donors (Lipinski definition) is 2. The van der Waals surface area contributed by atoms with E-state index in [2.05, 4.69) is 10.1 Å². The van der Waals surface area contributed by atoms with Gasteiger partial charge in [-0.2, -0.15) is 22.0 Å². The molecule has 3 atom stereocenters. The van der Waals surface area contributed by atoms with Crippen LogP contribution in [0.4, 0.5) is 26.3 Å². The first-order chi connectivity index (χ1) is 22.8. The molecule has 4 aromatic rings. The maximum Gasteiger partial charge on any atom is 0.416 e. The van der Waals surface area contributed by atoms with Gasteiger partial charge in [0.25, 0.3) is 5.56 Å². The molecule has 7 nitrogen and oxygen atoms in total. The van der Waals surface area contributed by atoms with Crippen LogP contribution in [0.25, 0.3) is 11.1 Å². The first-order valence-electron chi connectivity index (χ1n) is 14.8. The van der Waals surface area contributed by atoms with Crippen molar-refractivity contribution in [3.8, 4) is 16.9 Å². The molecular weight excluding hydrogens is 662 g/mol. The smallest absolute Gasteiger partial charge is 0.416 e. The number of carbonyl (C=O) groups is 1. The Morgan fingerprint density at radius 2 is 1.77 bits per heavy atom. The molecule has 1 aromatic heterocycles. The SMILES string of the molecule is Cc1c(Cc2c(F)cccc2C(F)(F)F)c2n(c(=O)c1-c1cccc(OC(F)F)c1)C(C(NCCCC(=O)O)c1ccccc1)CS2=O. The quantitative estimate of drug-likeness (QED) is 0.122. The normalized spacial score (nSPS) is 16.6. The average molecular weight is 693 g/mol. The summed E-state index contributed by atoms with van der Waals surface area (Å²) in [6.07, 6.45) is -5.52. The van der Waals surface area contributed by atoms with Gasteiger partial charge < -0.3 is 15.2 Å². The van der Waals surface area contributed by atoms with Crippen LogP contribution in [0.3, 0.4) is 0 Å². The maximum atomic E-state index is 15.2. The number of benzene rings is 3. The summed E-state index contributed by atoms with van der Waals surface area (Å²) in [5, 5.41) is 12.3. The molecule has 3 aromatic carbocycles. The van der Waals surface area contributed by atoms with Gasteiger partial charge in [0.15, 0.2) is 0 Å². The van der Waals surface area contributed by atoms with E-state index in [1.165, 1.54) is 35.8 Å². The van der Waals surface area contributed by atoms with E-state index in [1.807, 2.05) is 0 Å². The van der Waals surface area contributed by atoms with Crippen LogP contribution >= 0.6 is 0 Å². The number of aromatic nitrogens is 1. The summed E-state index contributed by atoms with van der Waals surface area (Å²) in [5.74, 6) is -2.57. The number of nitrogens with one attached hydrogen (secondary N) is 1. The Kier molecular flexibility index (Phi) is 10.4. The number of nitrogens with zero attached hydrogens (tertiary/aromatic N) is 1. The van der Waals surface area contributed by atoms with Crippen LogP contribution in [0, 0.1) is 12.7 Å². The second-order valence-corrected chi connectivity index (χ2v) is 12.6. The largest absolute Gasteiger partial charge is 0.481 e. The lowest BCUT2D eigenvalue weighted by atomic mass is 9.92. The van der Waals surface area contributed by atoms with Crippen molar-refractivity contribution in [3.63, 3.8) is 0 Å². The second-order valence-electron chi connectivity index (χ2n) is 11.2. The van der Waals surface area contributed by atoms with E-state index in [9.17, 15) is 35.8 Å². The molecule has 0 saturated carbocycles. The molecule has 5 rings (SSSR count). The third-order valence-electron chi connectivity index (χ3n) is 8.21. The van der Waals surface area contributed by atoms with E-state index in [-0.39, 0.29) is 58.2 Å². The molecule has 254 valence electrons. The molecule has 0 aliphatic carbocycles. The lowest BCUT2D eigenvalue weighted by Crippen LogP contribution is -2.36. The molecule has 0 fully saturated rings. The van der Waals surface area contributed by atoms with Crippen molar-refractivity contribution in [1.29, 1.82) is 0 Å². The number of fused-ring (bicyclic) bond motifs is 1. The van der Waals surface area contributed by atoms with Gasteiger partial charge in [-0.15, -0.1) is 0 Å². The monoisotopic (exact) mass is 692 g/mol. The number of aliphatic carboxylic acids is 1. The Hall–Kier alpha value is -4.43. The Bertz CT molecular complexity index is 1900. The Labute approximate surface area is 273 Å². The zero-order chi connectivity index (χ0) is 34.7. The maximum absolute atomic E-state index is 15.2. The highest BCUT2D eigenvalue weighted by molar-refractivity contribution is 7.85. The zero-order valence-corrected chi connectivity index (χ0v) is 26.2. The summed E-state index contributed by atoms with van der Waals surface area (Å²) in [4.78, 5) is 25.6. The van der Waals surface area contributed by atoms with Gasteiger partial charge in [0.05, 0.1) is 39.8 Å². The Balaban J connectivity index is 1.76. The number of hydrogen-bond acceptors (Lipinski definition) is 5. The summed E-state index contributed by atoms with van der Waals surface area (Å²) in [5.41, 5.74) is -1.78. The minimum absolute atomic E-state index is 0.0268. The van der Waals surface area contributed by atoms with Crippen LogP contribution < -0.4 is 15.6 Å². The highest BCUT2D eigenvalue weighted by Gasteiger charge is 2.41. The van der Waals surface area contributed by atoms with Crippen molar-refractivity contribution >= 4 is 16.8 Å². The Morgan fingerprint density at radius 1 is 1.06 bits per heavy atom. The molecule has 0 amide bonds. The molecule has 0 saturated heterocycles. The van der Waals surface area contributed by atoms with Gasteiger partial charge in [-0.1, -0.05) is 48.5 Å². The van der Waals surface area contributed by atoms with E-state index in [0.717, 1.165) is 18.2 Å². The molecule has 2 heterocycles. The second kappa shape index (κ2) is 14.4. The standard InChI is InChI=1S/C34H30F6N2O5S/c1-19-23(17-24-25(34(38,39)40)12-6-13-26(24)35)32-42(31(45)29(19)21-10-5-11-22(16-21)47-33(36)37)27(18-48(32)46)30(20-8-3-2-4-9-20)41-15-7-14-28(43)44/h2-6,8-13,16,27,30,33,41H,7,14-15,17-18H2,1H3,(H,43,44). The number of alkyl halides is 5. The molecule has 2 N–H and O–H groups in total. The summed E-state index contributed by atoms with van der Waals surface area (Å²) < 4.78 is 103. The first kappa shape index (κ1) is 34.9. The lowest BCUT2D eigenvalue weighted by Gasteiger charge is -2.28. The highest BCUT2D eigenvalue weighted by Crippen LogP contribution is 2.41. The van der Waals surface area contributed by atoms with Crippen LogP contribution in [-0.2, 0) is 28.2 Å². The average Bonchev–Trinajstić information content (AvgIpc) is 3.36. The van der Waals surface area contributed by atoms with Crippen molar-refractivity contribution in [1.82, 2.24) is 9.88 Å². The van der Waals surface area contributed by atoms with Crippen LogP contribution in [0.15, 0.2) is 82.6 Å². The molecule has 0 bridgehead atoms. The van der Waals surface area contributed by atoms with Crippen molar-refractivity contribution < 1.29 is 45.2 Å². The fourth-order valence-corrected chi connectivity index (χ4v) is 7.87.